The molecule has 0 atom stereocenters. The van der Waals surface area contributed by atoms with Crippen LogP contribution in [0.25, 0.3) is 22.4 Å². The number of imidazole rings is 1. The monoisotopic (exact) mass is 245 g/mol. The Hall–Kier alpha value is -2.86. The summed E-state index contributed by atoms with van der Waals surface area (Å²) in [5.41, 5.74) is 4.49. The Balaban J connectivity index is 1.98. The van der Waals surface area contributed by atoms with Crippen LogP contribution in [-0.2, 0) is 0 Å². The fraction of sp³-hybridized carbons (Fsp3) is 0. The molecule has 0 unspecified atom stereocenters. The average molecular weight is 245 g/mol. The number of nitriles is 1. The number of nitrogens with zero attached hydrogens (tertiary/aromatic N) is 2. The first kappa shape index (κ1) is 11.2. The van der Waals surface area contributed by atoms with Gasteiger partial charge in [0, 0.05) is 5.56 Å². The first-order chi connectivity index (χ1) is 9.38. The Bertz CT molecular complexity index is 719. The van der Waals surface area contributed by atoms with E-state index in [0.29, 0.717) is 5.69 Å². The lowest BCUT2D eigenvalue weighted by molar-refractivity contribution is 1.29. The Morgan fingerprint density at radius 1 is 0.842 bits per heavy atom. The molecule has 90 valence electrons. The predicted octanol–water partition coefficient (Wildman–Crippen LogP) is 3.62. The average Bonchev–Trinajstić information content (AvgIpc) is 2.97. The molecule has 0 aliphatic carbocycles. The van der Waals surface area contributed by atoms with Crippen LogP contribution in [0.4, 0.5) is 0 Å². The molecule has 0 saturated carbocycles. The molecule has 3 rings (SSSR count). The highest BCUT2D eigenvalue weighted by Crippen LogP contribution is 2.24. The van der Waals surface area contributed by atoms with Crippen LogP contribution in [0.2, 0.25) is 0 Å². The summed E-state index contributed by atoms with van der Waals surface area (Å²) >= 11 is 0. The van der Waals surface area contributed by atoms with Crippen molar-refractivity contribution in [3.63, 3.8) is 0 Å². The van der Waals surface area contributed by atoms with Crippen molar-refractivity contribution in [1.29, 1.82) is 5.26 Å². The number of nitrogens with one attached hydrogen (secondary N) is 1. The van der Waals surface area contributed by atoms with Gasteiger partial charge in [-0.1, -0.05) is 54.6 Å². The van der Waals surface area contributed by atoms with Gasteiger partial charge >= 0.3 is 0 Å². The van der Waals surface area contributed by atoms with Gasteiger partial charge in [0.1, 0.15) is 6.07 Å². The molecule has 1 aromatic heterocycles. The highest BCUT2D eigenvalue weighted by Gasteiger charge is 2.07. The van der Waals surface area contributed by atoms with Crippen molar-refractivity contribution in [2.75, 3.05) is 0 Å². The summed E-state index contributed by atoms with van der Waals surface area (Å²) in [6.45, 7) is 0. The highest BCUT2D eigenvalue weighted by atomic mass is 14.9. The van der Waals surface area contributed by atoms with E-state index in [0.717, 1.165) is 16.8 Å². The van der Waals surface area contributed by atoms with Crippen LogP contribution in [0.5, 0.6) is 0 Å². The molecule has 0 saturated heterocycles. The molecule has 0 bridgehead atoms. The number of hydrogen-bond donors (Lipinski definition) is 1. The number of benzene rings is 2. The molecule has 0 aliphatic heterocycles. The number of H-pyrrole nitrogens is 1. The van der Waals surface area contributed by atoms with Gasteiger partial charge in [-0.05, 0) is 11.1 Å². The molecule has 0 radical (unpaired) electrons. The van der Waals surface area contributed by atoms with Gasteiger partial charge < -0.3 is 4.98 Å². The zero-order valence-electron chi connectivity index (χ0n) is 10.2. The number of aromatic amines is 1. The number of hydrogen-bond acceptors (Lipinski definition) is 2. The second kappa shape index (κ2) is 4.79. The van der Waals surface area contributed by atoms with Crippen molar-refractivity contribution >= 4 is 0 Å². The lowest BCUT2D eigenvalue weighted by atomic mass is 10.0. The summed E-state index contributed by atoms with van der Waals surface area (Å²) in [5.74, 6) is 0. The van der Waals surface area contributed by atoms with Gasteiger partial charge in [-0.15, -0.1) is 0 Å². The maximum Gasteiger partial charge on any atom is 0.166 e. The van der Waals surface area contributed by atoms with E-state index in [4.69, 9.17) is 5.26 Å². The molecule has 2 aromatic carbocycles. The zero-order chi connectivity index (χ0) is 13.1. The summed E-state index contributed by atoms with van der Waals surface area (Å²) in [6, 6.07) is 20.4. The standard InChI is InChI=1S/C16H11N3/c17-10-15-16(19-11-18-15)14-8-6-13(7-9-14)12-4-2-1-3-5-12/h1-9,11H,(H,18,19). The summed E-state index contributed by atoms with van der Waals surface area (Å²) in [6.07, 6.45) is 1.54. The third-order valence-electron chi connectivity index (χ3n) is 3.03. The van der Waals surface area contributed by atoms with E-state index in [1.807, 2.05) is 42.5 Å². The van der Waals surface area contributed by atoms with Crippen LogP contribution in [0, 0.1) is 11.3 Å². The topological polar surface area (TPSA) is 52.5 Å². The maximum absolute atomic E-state index is 8.97. The van der Waals surface area contributed by atoms with E-state index in [1.54, 1.807) is 6.33 Å². The van der Waals surface area contributed by atoms with Crippen molar-refractivity contribution in [2.45, 2.75) is 0 Å². The predicted molar refractivity (Wildman–Crippen MR) is 74.2 cm³/mol. The SMILES string of the molecule is N#Cc1nc[nH]c1-c1ccc(-c2ccccc2)cc1. The van der Waals surface area contributed by atoms with E-state index in [-0.39, 0.29) is 0 Å². The third-order valence-corrected chi connectivity index (χ3v) is 3.03. The van der Waals surface area contributed by atoms with Crippen LogP contribution >= 0.6 is 0 Å². The molecule has 19 heavy (non-hydrogen) atoms. The first-order valence-corrected chi connectivity index (χ1v) is 5.98. The Labute approximate surface area is 111 Å². The molecule has 1 heterocycles. The quantitative estimate of drug-likeness (QED) is 0.749. The molecule has 0 spiro atoms. The Morgan fingerprint density at radius 2 is 1.47 bits per heavy atom. The van der Waals surface area contributed by atoms with Gasteiger partial charge in [0.2, 0.25) is 0 Å². The van der Waals surface area contributed by atoms with E-state index in [9.17, 15) is 0 Å². The summed E-state index contributed by atoms with van der Waals surface area (Å²) in [5, 5.41) is 8.97. The summed E-state index contributed by atoms with van der Waals surface area (Å²) in [7, 11) is 0. The van der Waals surface area contributed by atoms with Gasteiger partial charge in [0.25, 0.3) is 0 Å². The molecular weight excluding hydrogens is 234 g/mol. The van der Waals surface area contributed by atoms with Crippen molar-refractivity contribution in [2.24, 2.45) is 0 Å². The summed E-state index contributed by atoms with van der Waals surface area (Å²) < 4.78 is 0. The number of aromatic nitrogens is 2. The molecule has 3 aromatic rings. The van der Waals surface area contributed by atoms with Crippen LogP contribution in [0.3, 0.4) is 0 Å². The van der Waals surface area contributed by atoms with E-state index in [2.05, 4.69) is 28.2 Å². The van der Waals surface area contributed by atoms with E-state index >= 15 is 0 Å². The number of rotatable bonds is 2. The van der Waals surface area contributed by atoms with Gasteiger partial charge in [-0.25, -0.2) is 4.98 Å². The van der Waals surface area contributed by atoms with Gasteiger partial charge in [0.05, 0.1) is 12.0 Å². The van der Waals surface area contributed by atoms with Crippen LogP contribution in [-0.4, -0.2) is 9.97 Å². The van der Waals surface area contributed by atoms with Gasteiger partial charge in [-0.3, -0.25) is 0 Å². The minimum absolute atomic E-state index is 0.424. The highest BCUT2D eigenvalue weighted by molar-refractivity contribution is 5.70. The second-order valence-corrected chi connectivity index (χ2v) is 4.18. The zero-order valence-corrected chi connectivity index (χ0v) is 10.2. The third kappa shape index (κ3) is 2.12. The lowest BCUT2D eigenvalue weighted by Gasteiger charge is -2.03. The minimum atomic E-state index is 0.424. The van der Waals surface area contributed by atoms with Crippen LogP contribution < -0.4 is 0 Å². The fourth-order valence-electron chi connectivity index (χ4n) is 2.06. The molecule has 3 heteroatoms. The largest absolute Gasteiger partial charge is 0.343 e. The van der Waals surface area contributed by atoms with Crippen molar-refractivity contribution in [3.05, 3.63) is 66.6 Å². The molecule has 0 aliphatic rings. The molecule has 0 fully saturated rings. The second-order valence-electron chi connectivity index (χ2n) is 4.18. The van der Waals surface area contributed by atoms with Gasteiger partial charge in [-0.2, -0.15) is 5.26 Å². The van der Waals surface area contributed by atoms with E-state index < -0.39 is 0 Å². The fourth-order valence-corrected chi connectivity index (χ4v) is 2.06. The smallest absolute Gasteiger partial charge is 0.166 e. The Kier molecular flexibility index (Phi) is 2.83. The Morgan fingerprint density at radius 3 is 2.16 bits per heavy atom. The molecule has 3 nitrogen and oxygen atoms in total. The van der Waals surface area contributed by atoms with Crippen molar-refractivity contribution in [1.82, 2.24) is 9.97 Å². The minimum Gasteiger partial charge on any atom is -0.343 e. The normalized spacial score (nSPS) is 10.1. The van der Waals surface area contributed by atoms with Crippen molar-refractivity contribution < 1.29 is 0 Å². The molecular formula is C16H11N3. The maximum atomic E-state index is 8.97. The van der Waals surface area contributed by atoms with Crippen LogP contribution in [0.15, 0.2) is 60.9 Å². The molecule has 1 N–H and O–H groups in total. The van der Waals surface area contributed by atoms with E-state index in [1.165, 1.54) is 5.56 Å². The summed E-state index contributed by atoms with van der Waals surface area (Å²) in [4.78, 5) is 6.97. The molecule has 0 amide bonds. The first-order valence-electron chi connectivity index (χ1n) is 5.98. The van der Waals surface area contributed by atoms with Gasteiger partial charge in [0.15, 0.2) is 5.69 Å². The van der Waals surface area contributed by atoms with Crippen molar-refractivity contribution in [3.8, 4) is 28.5 Å². The lowest BCUT2D eigenvalue weighted by Crippen LogP contribution is -1.83. The van der Waals surface area contributed by atoms with Crippen LogP contribution in [0.1, 0.15) is 5.69 Å².